The first-order valence-electron chi connectivity index (χ1n) is 6.73. The average Bonchev–Trinajstić information content (AvgIpc) is 2.18. The van der Waals surface area contributed by atoms with E-state index in [4.69, 9.17) is 5.11 Å². The van der Waals surface area contributed by atoms with E-state index in [2.05, 4.69) is 24.5 Å². The van der Waals surface area contributed by atoms with Crippen LogP contribution in [-0.4, -0.2) is 29.7 Å². The summed E-state index contributed by atoms with van der Waals surface area (Å²) in [5.41, 5.74) is 0. The Bertz CT molecular complexity index is 288. The molecule has 0 aromatic carbocycles. The van der Waals surface area contributed by atoms with Crippen molar-refractivity contribution >= 4 is 12.0 Å². The quantitative estimate of drug-likeness (QED) is 0.651. The number of amides is 2. The predicted molar refractivity (Wildman–Crippen MR) is 69.4 cm³/mol. The first-order valence-corrected chi connectivity index (χ1v) is 6.73. The Kier molecular flexibility index (Phi) is 5.95. The summed E-state index contributed by atoms with van der Waals surface area (Å²) < 4.78 is 0. The zero-order valence-electron chi connectivity index (χ0n) is 11.2. The van der Waals surface area contributed by atoms with Gasteiger partial charge in [-0.15, -0.1) is 0 Å². The number of rotatable bonds is 7. The Balaban J connectivity index is 2.25. The highest BCUT2D eigenvalue weighted by Crippen LogP contribution is 2.18. The second-order valence-corrected chi connectivity index (χ2v) is 5.58. The summed E-state index contributed by atoms with van der Waals surface area (Å²) in [6.07, 6.45) is 4.22. The largest absolute Gasteiger partial charge is 0.481 e. The third-order valence-electron chi connectivity index (χ3n) is 3.26. The van der Waals surface area contributed by atoms with Crippen LogP contribution in [0, 0.1) is 11.8 Å². The molecule has 1 rings (SSSR count). The maximum Gasteiger partial charge on any atom is 0.315 e. The normalized spacial score (nSPS) is 17.1. The molecule has 0 aromatic heterocycles. The molecule has 0 unspecified atom stereocenters. The van der Waals surface area contributed by atoms with Crippen LogP contribution in [0.4, 0.5) is 4.79 Å². The van der Waals surface area contributed by atoms with E-state index in [-0.39, 0.29) is 18.4 Å². The number of carbonyl (C=O) groups is 2. The maximum atomic E-state index is 11.6. The van der Waals surface area contributed by atoms with Gasteiger partial charge in [0.15, 0.2) is 0 Å². The first-order chi connectivity index (χ1) is 8.47. The van der Waals surface area contributed by atoms with Gasteiger partial charge in [-0.05, 0) is 37.5 Å². The van der Waals surface area contributed by atoms with Crippen molar-refractivity contribution in [3.05, 3.63) is 0 Å². The van der Waals surface area contributed by atoms with Crippen molar-refractivity contribution in [2.75, 3.05) is 6.54 Å². The fraction of sp³-hybridized carbons (Fsp3) is 0.846. The number of urea groups is 1. The molecule has 3 N–H and O–H groups in total. The molecule has 0 aliphatic heterocycles. The number of nitrogens with one attached hydrogen (secondary N) is 2. The van der Waals surface area contributed by atoms with E-state index >= 15 is 0 Å². The van der Waals surface area contributed by atoms with Crippen molar-refractivity contribution in [2.24, 2.45) is 11.8 Å². The summed E-state index contributed by atoms with van der Waals surface area (Å²) in [6.45, 7) is 4.55. The molecule has 0 heterocycles. The minimum absolute atomic E-state index is 0.00893. The second-order valence-electron chi connectivity index (χ2n) is 5.58. The molecule has 5 heteroatoms. The summed E-state index contributed by atoms with van der Waals surface area (Å²) >= 11 is 0. The van der Waals surface area contributed by atoms with Gasteiger partial charge < -0.3 is 15.7 Å². The zero-order chi connectivity index (χ0) is 13.5. The van der Waals surface area contributed by atoms with Gasteiger partial charge in [-0.1, -0.05) is 13.8 Å². The third-order valence-corrected chi connectivity index (χ3v) is 3.26. The molecular weight excluding hydrogens is 232 g/mol. The summed E-state index contributed by atoms with van der Waals surface area (Å²) in [5.74, 6) is -0.359. The highest BCUT2D eigenvalue weighted by Gasteiger charge is 2.20. The lowest BCUT2D eigenvalue weighted by molar-refractivity contribution is -0.138. The fourth-order valence-electron chi connectivity index (χ4n) is 2.18. The number of aliphatic carboxylic acids is 1. The first kappa shape index (κ1) is 14.8. The highest BCUT2D eigenvalue weighted by atomic mass is 16.4. The third kappa shape index (κ3) is 5.89. The number of carbonyl (C=O) groups excluding carboxylic acids is 1. The van der Waals surface area contributed by atoms with Gasteiger partial charge in [-0.3, -0.25) is 4.79 Å². The highest BCUT2D eigenvalue weighted by molar-refractivity contribution is 5.74. The Morgan fingerprint density at radius 3 is 2.44 bits per heavy atom. The molecule has 0 saturated heterocycles. The van der Waals surface area contributed by atoms with Crippen LogP contribution in [0.5, 0.6) is 0 Å². The minimum Gasteiger partial charge on any atom is -0.481 e. The standard InChI is InChI=1S/C13H24N2O3/c1-9(2)6-10(7-12(16)17)8-14-13(18)15-11-4-3-5-11/h9-11H,3-8H2,1-2H3,(H,16,17)(H2,14,15,18)/t10-/m0/s1. The van der Waals surface area contributed by atoms with Gasteiger partial charge in [-0.2, -0.15) is 0 Å². The van der Waals surface area contributed by atoms with Crippen LogP contribution in [0.2, 0.25) is 0 Å². The Hall–Kier alpha value is -1.26. The minimum atomic E-state index is -0.804. The molecule has 1 aliphatic carbocycles. The van der Waals surface area contributed by atoms with Crippen molar-refractivity contribution in [1.29, 1.82) is 0 Å². The smallest absolute Gasteiger partial charge is 0.315 e. The molecule has 2 amide bonds. The van der Waals surface area contributed by atoms with E-state index in [1.807, 2.05) is 0 Å². The molecule has 0 radical (unpaired) electrons. The lowest BCUT2D eigenvalue weighted by Gasteiger charge is -2.27. The van der Waals surface area contributed by atoms with Crippen molar-refractivity contribution < 1.29 is 14.7 Å². The van der Waals surface area contributed by atoms with Gasteiger partial charge in [0.2, 0.25) is 0 Å². The summed E-state index contributed by atoms with van der Waals surface area (Å²) in [7, 11) is 0. The van der Waals surface area contributed by atoms with E-state index in [9.17, 15) is 9.59 Å². The van der Waals surface area contributed by atoms with Crippen molar-refractivity contribution in [2.45, 2.75) is 52.0 Å². The van der Waals surface area contributed by atoms with Crippen molar-refractivity contribution in [1.82, 2.24) is 10.6 Å². The van der Waals surface area contributed by atoms with Gasteiger partial charge in [0, 0.05) is 19.0 Å². The zero-order valence-corrected chi connectivity index (χ0v) is 11.2. The number of hydrogen-bond donors (Lipinski definition) is 3. The van der Waals surface area contributed by atoms with E-state index in [1.54, 1.807) is 0 Å². The monoisotopic (exact) mass is 256 g/mol. The van der Waals surface area contributed by atoms with E-state index in [0.717, 1.165) is 19.3 Å². The van der Waals surface area contributed by atoms with Crippen LogP contribution < -0.4 is 10.6 Å². The van der Waals surface area contributed by atoms with Gasteiger partial charge in [0.05, 0.1) is 0 Å². The van der Waals surface area contributed by atoms with Crippen LogP contribution in [-0.2, 0) is 4.79 Å². The van der Waals surface area contributed by atoms with Crippen LogP contribution in [0.1, 0.15) is 46.0 Å². The van der Waals surface area contributed by atoms with Crippen LogP contribution >= 0.6 is 0 Å². The molecular formula is C13H24N2O3. The summed E-state index contributed by atoms with van der Waals surface area (Å²) in [6, 6.07) is 0.145. The van der Waals surface area contributed by atoms with Crippen molar-refractivity contribution in [3.63, 3.8) is 0 Å². The molecule has 0 spiro atoms. The molecule has 1 atom stereocenters. The maximum absolute atomic E-state index is 11.6. The van der Waals surface area contributed by atoms with Crippen LogP contribution in [0.15, 0.2) is 0 Å². The molecule has 1 fully saturated rings. The number of hydrogen-bond acceptors (Lipinski definition) is 2. The van der Waals surface area contributed by atoms with Crippen molar-refractivity contribution in [3.8, 4) is 0 Å². The Morgan fingerprint density at radius 2 is 2.00 bits per heavy atom. The molecule has 18 heavy (non-hydrogen) atoms. The second kappa shape index (κ2) is 7.24. The average molecular weight is 256 g/mol. The molecule has 0 bridgehead atoms. The molecule has 0 aromatic rings. The van der Waals surface area contributed by atoms with Gasteiger partial charge in [0.25, 0.3) is 0 Å². The lowest BCUT2D eigenvalue weighted by atomic mass is 9.93. The molecule has 1 aliphatic rings. The lowest BCUT2D eigenvalue weighted by Crippen LogP contribution is -2.46. The van der Waals surface area contributed by atoms with E-state index < -0.39 is 5.97 Å². The molecule has 1 saturated carbocycles. The molecule has 104 valence electrons. The van der Waals surface area contributed by atoms with Gasteiger partial charge >= 0.3 is 12.0 Å². The number of carboxylic acids is 1. The topological polar surface area (TPSA) is 78.4 Å². The van der Waals surface area contributed by atoms with Crippen LogP contribution in [0.3, 0.4) is 0 Å². The van der Waals surface area contributed by atoms with E-state index in [1.165, 1.54) is 6.42 Å². The Morgan fingerprint density at radius 1 is 1.33 bits per heavy atom. The number of carboxylic acid groups (broad SMARTS) is 1. The predicted octanol–water partition coefficient (Wildman–Crippen LogP) is 1.98. The SMILES string of the molecule is CC(C)C[C@H](CNC(=O)NC1CCC1)CC(=O)O. The van der Waals surface area contributed by atoms with Crippen LogP contribution in [0.25, 0.3) is 0 Å². The van der Waals surface area contributed by atoms with Gasteiger partial charge in [-0.25, -0.2) is 4.79 Å². The summed E-state index contributed by atoms with van der Waals surface area (Å²) in [5, 5.41) is 14.5. The fourth-order valence-corrected chi connectivity index (χ4v) is 2.18. The molecule has 5 nitrogen and oxygen atoms in total. The Labute approximate surface area is 108 Å². The van der Waals surface area contributed by atoms with E-state index in [0.29, 0.717) is 18.5 Å². The van der Waals surface area contributed by atoms with Gasteiger partial charge in [0.1, 0.15) is 0 Å². The summed E-state index contributed by atoms with van der Waals surface area (Å²) in [4.78, 5) is 22.3.